The van der Waals surface area contributed by atoms with E-state index in [2.05, 4.69) is 10.1 Å². The van der Waals surface area contributed by atoms with Gasteiger partial charge in [-0.2, -0.15) is 4.98 Å². The average molecular weight is 368 g/mol. The number of nitrogens with zero attached hydrogens (tertiary/aromatic N) is 3. The van der Waals surface area contributed by atoms with Crippen LogP contribution >= 0.6 is 12.4 Å². The summed E-state index contributed by atoms with van der Waals surface area (Å²) < 4.78 is 15.9. The number of hydrogen-bond acceptors (Lipinski definition) is 7. The van der Waals surface area contributed by atoms with Crippen LogP contribution in [0.3, 0.4) is 0 Å². The second-order valence-corrected chi connectivity index (χ2v) is 5.99. The third kappa shape index (κ3) is 3.69. The van der Waals surface area contributed by atoms with Gasteiger partial charge in [-0.05, 0) is 37.6 Å². The third-order valence-corrected chi connectivity index (χ3v) is 4.31. The van der Waals surface area contributed by atoms with Crippen LogP contribution in [0.2, 0.25) is 0 Å². The van der Waals surface area contributed by atoms with Crippen LogP contribution in [-0.4, -0.2) is 46.0 Å². The largest absolute Gasteiger partial charge is 0.481 e. The number of aromatic nitrogens is 2. The summed E-state index contributed by atoms with van der Waals surface area (Å²) in [6, 6.07) is 5.48. The molecule has 1 atom stereocenters. The lowest BCUT2D eigenvalue weighted by atomic mass is 9.98. The van der Waals surface area contributed by atoms with Crippen molar-refractivity contribution in [2.45, 2.75) is 19.4 Å². The van der Waals surface area contributed by atoms with Crippen LogP contribution in [0.5, 0.6) is 11.5 Å². The van der Waals surface area contributed by atoms with Gasteiger partial charge in [-0.3, -0.25) is 9.69 Å². The number of benzene rings is 1. The van der Waals surface area contributed by atoms with Crippen molar-refractivity contribution in [1.29, 1.82) is 0 Å². The van der Waals surface area contributed by atoms with Gasteiger partial charge in [-0.25, -0.2) is 0 Å². The van der Waals surface area contributed by atoms with Crippen LogP contribution < -0.4 is 9.47 Å². The van der Waals surface area contributed by atoms with Crippen LogP contribution in [0, 0.1) is 5.92 Å². The minimum atomic E-state index is -0.744. The predicted octanol–water partition coefficient (Wildman–Crippen LogP) is 2.18. The van der Waals surface area contributed by atoms with E-state index in [1.807, 2.05) is 23.1 Å². The van der Waals surface area contributed by atoms with Gasteiger partial charge in [0.2, 0.25) is 18.5 Å². The molecule has 4 rings (SSSR count). The van der Waals surface area contributed by atoms with Gasteiger partial charge in [0, 0.05) is 12.1 Å². The number of carboxylic acids is 1. The molecule has 8 nitrogen and oxygen atoms in total. The summed E-state index contributed by atoms with van der Waals surface area (Å²) in [5, 5.41) is 13.2. The molecule has 1 N–H and O–H groups in total. The number of hydrogen-bond donors (Lipinski definition) is 1. The smallest absolute Gasteiger partial charge is 0.307 e. The van der Waals surface area contributed by atoms with Gasteiger partial charge in [-0.1, -0.05) is 5.16 Å². The molecule has 0 bridgehead atoms. The highest BCUT2D eigenvalue weighted by Gasteiger charge is 2.26. The minimum Gasteiger partial charge on any atom is -0.481 e. The highest BCUT2D eigenvalue weighted by Crippen LogP contribution is 2.35. The summed E-state index contributed by atoms with van der Waals surface area (Å²) in [5.41, 5.74) is 0.788. The first kappa shape index (κ1) is 17.5. The Morgan fingerprint density at radius 2 is 2.16 bits per heavy atom. The van der Waals surface area contributed by atoms with Crippen molar-refractivity contribution < 1.29 is 23.9 Å². The van der Waals surface area contributed by atoms with Crippen molar-refractivity contribution in [1.82, 2.24) is 15.0 Å². The SMILES string of the molecule is Cl.O=C(O)C1CCCN(Cc2nc(-c3ccc4c(c3)OCO4)no2)C1. The Balaban J connectivity index is 0.00000182. The molecule has 0 radical (unpaired) electrons. The number of piperidine rings is 1. The Kier molecular flexibility index (Phi) is 5.10. The molecule has 25 heavy (non-hydrogen) atoms. The summed E-state index contributed by atoms with van der Waals surface area (Å²) in [6.07, 6.45) is 1.58. The number of carboxylic acid groups (broad SMARTS) is 1. The maximum atomic E-state index is 11.1. The summed E-state index contributed by atoms with van der Waals surface area (Å²) in [7, 11) is 0. The molecule has 0 saturated carbocycles. The molecule has 1 unspecified atom stereocenters. The van der Waals surface area contributed by atoms with Gasteiger partial charge in [0.15, 0.2) is 11.5 Å². The van der Waals surface area contributed by atoms with E-state index in [9.17, 15) is 4.79 Å². The number of likely N-dealkylation sites (tertiary alicyclic amines) is 1. The van der Waals surface area contributed by atoms with Gasteiger partial charge >= 0.3 is 5.97 Å². The lowest BCUT2D eigenvalue weighted by molar-refractivity contribution is -0.143. The van der Waals surface area contributed by atoms with E-state index < -0.39 is 5.97 Å². The van der Waals surface area contributed by atoms with Crippen LogP contribution in [0.25, 0.3) is 11.4 Å². The second kappa shape index (κ2) is 7.28. The lowest BCUT2D eigenvalue weighted by Crippen LogP contribution is -2.38. The Bertz CT molecular complexity index is 766. The molecule has 1 aromatic heterocycles. The van der Waals surface area contributed by atoms with Crippen LogP contribution in [0.15, 0.2) is 22.7 Å². The molecule has 0 spiro atoms. The molecule has 1 aromatic carbocycles. The second-order valence-electron chi connectivity index (χ2n) is 5.99. The Labute approximate surface area is 150 Å². The van der Waals surface area contributed by atoms with Gasteiger partial charge in [0.1, 0.15) is 0 Å². The normalized spacial score (nSPS) is 19.4. The first-order valence-electron chi connectivity index (χ1n) is 7.87. The summed E-state index contributed by atoms with van der Waals surface area (Å²) in [5.74, 6) is 1.26. The Morgan fingerprint density at radius 1 is 1.32 bits per heavy atom. The highest BCUT2D eigenvalue weighted by molar-refractivity contribution is 5.85. The van der Waals surface area contributed by atoms with Crippen LogP contribution in [0.4, 0.5) is 0 Å². The summed E-state index contributed by atoms with van der Waals surface area (Å²) >= 11 is 0. The summed E-state index contributed by atoms with van der Waals surface area (Å²) in [4.78, 5) is 17.6. The summed E-state index contributed by atoms with van der Waals surface area (Å²) in [6.45, 7) is 2.03. The predicted molar refractivity (Wildman–Crippen MR) is 88.7 cm³/mol. The van der Waals surface area contributed by atoms with Crippen molar-refractivity contribution in [3.63, 3.8) is 0 Å². The first-order valence-corrected chi connectivity index (χ1v) is 7.87. The molecule has 1 fully saturated rings. The quantitative estimate of drug-likeness (QED) is 0.878. The fourth-order valence-electron chi connectivity index (χ4n) is 3.06. The van der Waals surface area contributed by atoms with E-state index in [1.165, 1.54) is 0 Å². The third-order valence-electron chi connectivity index (χ3n) is 4.31. The zero-order chi connectivity index (χ0) is 16.5. The van der Waals surface area contributed by atoms with E-state index in [-0.39, 0.29) is 25.1 Å². The molecular formula is C16H18ClN3O5. The topological polar surface area (TPSA) is 97.9 Å². The van der Waals surface area contributed by atoms with E-state index in [4.69, 9.17) is 19.1 Å². The van der Waals surface area contributed by atoms with E-state index in [1.54, 1.807) is 0 Å². The van der Waals surface area contributed by atoms with Crippen molar-refractivity contribution in [2.75, 3.05) is 19.9 Å². The van der Waals surface area contributed by atoms with Crippen LogP contribution in [0.1, 0.15) is 18.7 Å². The van der Waals surface area contributed by atoms with Crippen molar-refractivity contribution in [2.24, 2.45) is 5.92 Å². The van der Waals surface area contributed by atoms with Crippen molar-refractivity contribution in [3.8, 4) is 22.9 Å². The minimum absolute atomic E-state index is 0. The molecular weight excluding hydrogens is 350 g/mol. The molecule has 3 heterocycles. The average Bonchev–Trinajstić information content (AvgIpc) is 3.23. The van der Waals surface area contributed by atoms with Gasteiger partial charge in [0.25, 0.3) is 0 Å². The fraction of sp³-hybridized carbons (Fsp3) is 0.438. The maximum absolute atomic E-state index is 11.1. The molecule has 2 aromatic rings. The number of rotatable bonds is 4. The molecule has 1 saturated heterocycles. The Hall–Kier alpha value is -2.32. The molecule has 9 heteroatoms. The van der Waals surface area contributed by atoms with Crippen molar-refractivity contribution in [3.05, 3.63) is 24.1 Å². The van der Waals surface area contributed by atoms with E-state index in [0.29, 0.717) is 36.3 Å². The molecule has 134 valence electrons. The number of fused-ring (bicyclic) bond motifs is 1. The number of aliphatic carboxylic acids is 1. The monoisotopic (exact) mass is 367 g/mol. The van der Waals surface area contributed by atoms with Crippen molar-refractivity contribution >= 4 is 18.4 Å². The molecule has 2 aliphatic heterocycles. The number of ether oxygens (including phenoxy) is 2. The standard InChI is InChI=1S/C16H17N3O5.ClH/c20-16(21)11-2-1-5-19(7-11)8-14-17-15(18-24-14)10-3-4-12-13(6-10)23-9-22-12;/h3-4,6,11H,1-2,5,7-9H2,(H,20,21);1H. The zero-order valence-corrected chi connectivity index (χ0v) is 14.2. The van der Waals surface area contributed by atoms with E-state index in [0.717, 1.165) is 24.9 Å². The Morgan fingerprint density at radius 3 is 3.00 bits per heavy atom. The molecule has 2 aliphatic rings. The zero-order valence-electron chi connectivity index (χ0n) is 13.4. The fourth-order valence-corrected chi connectivity index (χ4v) is 3.06. The van der Waals surface area contributed by atoms with E-state index >= 15 is 0 Å². The van der Waals surface area contributed by atoms with Gasteiger partial charge < -0.3 is 19.1 Å². The van der Waals surface area contributed by atoms with Gasteiger partial charge in [0.05, 0.1) is 12.5 Å². The maximum Gasteiger partial charge on any atom is 0.307 e. The first-order chi connectivity index (χ1) is 11.7. The highest BCUT2D eigenvalue weighted by atomic mass is 35.5. The number of halogens is 1. The van der Waals surface area contributed by atoms with Gasteiger partial charge in [-0.15, -0.1) is 12.4 Å². The lowest BCUT2D eigenvalue weighted by Gasteiger charge is -2.29. The molecule has 0 amide bonds. The number of carbonyl (C=O) groups is 1. The van der Waals surface area contributed by atoms with Crippen LogP contribution in [-0.2, 0) is 11.3 Å². The molecule has 0 aliphatic carbocycles.